The summed E-state index contributed by atoms with van der Waals surface area (Å²) >= 11 is 5.94. The molecule has 0 radical (unpaired) electrons. The van der Waals surface area contributed by atoms with E-state index in [0.717, 1.165) is 28.3 Å². The fourth-order valence-electron chi connectivity index (χ4n) is 3.31. The topological polar surface area (TPSA) is 113 Å². The van der Waals surface area contributed by atoms with E-state index < -0.39 is 17.2 Å². The van der Waals surface area contributed by atoms with E-state index in [1.165, 1.54) is 0 Å². The molecular weight excluding hydrogens is 430 g/mol. The number of carbonyl (C=O) groups is 1. The number of H-pyrrole nitrogens is 2. The molecular formula is C23H20ClN5O3. The molecule has 4 rings (SSSR count). The number of hydrogen-bond donors (Lipinski definition) is 3. The second-order valence-corrected chi connectivity index (χ2v) is 7.81. The van der Waals surface area contributed by atoms with Gasteiger partial charge < -0.3 is 10.3 Å². The first-order chi connectivity index (χ1) is 15.4. The fraction of sp³-hybridized carbons (Fsp3) is 0.130. The van der Waals surface area contributed by atoms with Gasteiger partial charge in [-0.1, -0.05) is 41.9 Å². The molecule has 8 nitrogen and oxygen atoms in total. The molecule has 1 atom stereocenters. The molecule has 2 aromatic carbocycles. The number of aromatic amines is 2. The predicted molar refractivity (Wildman–Crippen MR) is 122 cm³/mol. The Morgan fingerprint density at radius 1 is 1.09 bits per heavy atom. The van der Waals surface area contributed by atoms with E-state index in [0.29, 0.717) is 11.6 Å². The van der Waals surface area contributed by atoms with Crippen molar-refractivity contribution in [2.45, 2.75) is 19.5 Å². The van der Waals surface area contributed by atoms with Crippen molar-refractivity contribution >= 4 is 17.5 Å². The highest BCUT2D eigenvalue weighted by Gasteiger charge is 2.14. The van der Waals surface area contributed by atoms with E-state index in [4.69, 9.17) is 11.6 Å². The maximum Gasteiger partial charge on any atom is 0.326 e. The third kappa shape index (κ3) is 5.04. The van der Waals surface area contributed by atoms with Gasteiger partial charge in [-0.2, -0.15) is 5.10 Å². The normalized spacial score (nSPS) is 11.8. The molecule has 0 saturated heterocycles. The summed E-state index contributed by atoms with van der Waals surface area (Å²) < 4.78 is 1.85. The van der Waals surface area contributed by atoms with Gasteiger partial charge in [-0.15, -0.1) is 0 Å². The van der Waals surface area contributed by atoms with Crippen LogP contribution in [0.1, 0.15) is 34.6 Å². The molecule has 2 heterocycles. The first-order valence-corrected chi connectivity index (χ1v) is 10.3. The highest BCUT2D eigenvalue weighted by atomic mass is 35.5. The van der Waals surface area contributed by atoms with Gasteiger partial charge in [0.25, 0.3) is 11.5 Å². The second-order valence-electron chi connectivity index (χ2n) is 7.38. The summed E-state index contributed by atoms with van der Waals surface area (Å²) in [5.41, 5.74) is 2.40. The lowest BCUT2D eigenvalue weighted by atomic mass is 10.0. The van der Waals surface area contributed by atoms with Crippen molar-refractivity contribution in [1.29, 1.82) is 0 Å². The summed E-state index contributed by atoms with van der Waals surface area (Å²) in [6.45, 7) is 2.45. The molecule has 0 aliphatic carbocycles. The van der Waals surface area contributed by atoms with Gasteiger partial charge in [-0.3, -0.25) is 19.3 Å². The van der Waals surface area contributed by atoms with Crippen molar-refractivity contribution in [3.8, 4) is 11.1 Å². The Morgan fingerprint density at radius 3 is 2.62 bits per heavy atom. The first kappa shape index (κ1) is 21.3. The largest absolute Gasteiger partial charge is 0.344 e. The zero-order chi connectivity index (χ0) is 22.7. The molecule has 0 aliphatic rings. The molecule has 0 aliphatic heterocycles. The number of rotatable bonds is 6. The molecule has 0 fully saturated rings. The van der Waals surface area contributed by atoms with E-state index in [1.807, 2.05) is 71.3 Å². The van der Waals surface area contributed by atoms with Gasteiger partial charge in [0.05, 0.1) is 18.8 Å². The highest BCUT2D eigenvalue weighted by Crippen LogP contribution is 2.23. The van der Waals surface area contributed by atoms with Crippen LogP contribution >= 0.6 is 11.6 Å². The minimum absolute atomic E-state index is 0.0924. The number of nitrogens with zero attached hydrogens (tertiary/aromatic N) is 2. The molecule has 3 N–H and O–H groups in total. The van der Waals surface area contributed by atoms with Crippen LogP contribution in [-0.2, 0) is 6.54 Å². The van der Waals surface area contributed by atoms with Gasteiger partial charge in [-0.05, 0) is 41.8 Å². The predicted octanol–water partition coefficient (Wildman–Crippen LogP) is 3.12. The van der Waals surface area contributed by atoms with Crippen LogP contribution in [0.25, 0.3) is 11.1 Å². The molecule has 0 spiro atoms. The van der Waals surface area contributed by atoms with E-state index in [2.05, 4.69) is 15.4 Å². The van der Waals surface area contributed by atoms with Gasteiger partial charge in [0, 0.05) is 22.8 Å². The number of hydrogen-bond acceptors (Lipinski definition) is 4. The van der Waals surface area contributed by atoms with Crippen LogP contribution in [0.2, 0.25) is 5.02 Å². The molecule has 2 aromatic heterocycles. The monoisotopic (exact) mass is 449 g/mol. The highest BCUT2D eigenvalue weighted by molar-refractivity contribution is 6.30. The van der Waals surface area contributed by atoms with E-state index >= 15 is 0 Å². The molecule has 32 heavy (non-hydrogen) atoms. The average molecular weight is 450 g/mol. The number of halogens is 1. The van der Waals surface area contributed by atoms with Gasteiger partial charge in [0.15, 0.2) is 0 Å². The van der Waals surface area contributed by atoms with Crippen LogP contribution in [0.5, 0.6) is 0 Å². The smallest absolute Gasteiger partial charge is 0.326 e. The maximum atomic E-state index is 12.4. The Labute approximate surface area is 187 Å². The quantitative estimate of drug-likeness (QED) is 0.419. The third-order valence-electron chi connectivity index (χ3n) is 4.96. The number of amides is 1. The van der Waals surface area contributed by atoms with Gasteiger partial charge >= 0.3 is 5.69 Å². The van der Waals surface area contributed by atoms with Crippen LogP contribution in [0.3, 0.4) is 0 Å². The maximum absolute atomic E-state index is 12.4. The number of benzene rings is 2. The Bertz CT molecular complexity index is 1340. The fourth-order valence-corrected chi connectivity index (χ4v) is 3.44. The van der Waals surface area contributed by atoms with Crippen molar-refractivity contribution in [2.24, 2.45) is 0 Å². The summed E-state index contributed by atoms with van der Waals surface area (Å²) in [4.78, 5) is 39.6. The van der Waals surface area contributed by atoms with Gasteiger partial charge in [0.1, 0.15) is 5.69 Å². The van der Waals surface area contributed by atoms with Crippen molar-refractivity contribution in [3.63, 3.8) is 0 Å². The standard InChI is InChI=1S/C23H20ClN5O3/c1-14(26-22(31)20-10-21(30)28-23(32)27-20)16-3-2-4-17(9-16)18-11-25-29(13-18)12-15-5-7-19(24)8-6-15/h2-11,13-14H,12H2,1H3,(H,26,31)(H2,27,28,30,32). The summed E-state index contributed by atoms with van der Waals surface area (Å²) in [6.07, 6.45) is 3.75. The van der Waals surface area contributed by atoms with E-state index in [-0.39, 0.29) is 11.7 Å². The van der Waals surface area contributed by atoms with E-state index in [1.54, 1.807) is 6.20 Å². The van der Waals surface area contributed by atoms with Gasteiger partial charge in [0.2, 0.25) is 0 Å². The van der Waals surface area contributed by atoms with Crippen LogP contribution in [-0.4, -0.2) is 25.7 Å². The Hall–Kier alpha value is -3.91. The van der Waals surface area contributed by atoms with Crippen LogP contribution in [0.15, 0.2) is 76.6 Å². The molecule has 4 aromatic rings. The zero-order valence-corrected chi connectivity index (χ0v) is 17.9. The lowest BCUT2D eigenvalue weighted by Crippen LogP contribution is -2.32. The number of nitrogens with one attached hydrogen (secondary N) is 3. The molecule has 1 amide bonds. The average Bonchev–Trinajstić information content (AvgIpc) is 3.23. The van der Waals surface area contributed by atoms with Crippen molar-refractivity contribution in [2.75, 3.05) is 0 Å². The number of aromatic nitrogens is 4. The van der Waals surface area contributed by atoms with Crippen LogP contribution in [0, 0.1) is 0 Å². The van der Waals surface area contributed by atoms with Crippen LogP contribution in [0.4, 0.5) is 0 Å². The Morgan fingerprint density at radius 2 is 1.88 bits per heavy atom. The summed E-state index contributed by atoms with van der Waals surface area (Å²) in [5, 5.41) is 7.92. The Kier molecular flexibility index (Phi) is 6.04. The van der Waals surface area contributed by atoms with Crippen molar-refractivity contribution in [3.05, 3.63) is 110 Å². The SMILES string of the molecule is CC(NC(=O)c1cc(=O)[nH]c(=O)[nH]1)c1cccc(-c2cnn(Cc3ccc(Cl)cc3)c2)c1. The minimum atomic E-state index is -0.729. The van der Waals surface area contributed by atoms with Crippen molar-refractivity contribution < 1.29 is 4.79 Å². The summed E-state index contributed by atoms with van der Waals surface area (Å²) in [7, 11) is 0. The minimum Gasteiger partial charge on any atom is -0.344 e. The second kappa shape index (κ2) is 9.07. The first-order valence-electron chi connectivity index (χ1n) is 9.89. The number of carbonyl (C=O) groups excluding carboxylic acids is 1. The van der Waals surface area contributed by atoms with Crippen LogP contribution < -0.4 is 16.6 Å². The lowest BCUT2D eigenvalue weighted by molar-refractivity contribution is 0.0934. The third-order valence-corrected chi connectivity index (χ3v) is 5.22. The molecule has 9 heteroatoms. The molecule has 0 bridgehead atoms. The van der Waals surface area contributed by atoms with E-state index in [9.17, 15) is 14.4 Å². The molecule has 162 valence electrons. The lowest BCUT2D eigenvalue weighted by Gasteiger charge is -2.15. The van der Waals surface area contributed by atoms with Gasteiger partial charge in [-0.25, -0.2) is 4.79 Å². The Balaban J connectivity index is 1.49. The molecule has 1 unspecified atom stereocenters. The summed E-state index contributed by atoms with van der Waals surface area (Å²) in [5.74, 6) is -0.540. The zero-order valence-electron chi connectivity index (χ0n) is 17.1. The summed E-state index contributed by atoms with van der Waals surface area (Å²) in [6, 6.07) is 16.1. The van der Waals surface area contributed by atoms with Crippen molar-refractivity contribution in [1.82, 2.24) is 25.1 Å². The molecule has 0 saturated carbocycles.